The third-order valence-electron chi connectivity index (χ3n) is 2.26. The average Bonchev–Trinajstić information content (AvgIpc) is 2.32. The lowest BCUT2D eigenvalue weighted by Gasteiger charge is -2.24. The van der Waals surface area contributed by atoms with E-state index in [1.54, 1.807) is 34.6 Å². The number of hydrogen-bond acceptors (Lipinski definition) is 5. The molecular formula is C16H25NO5. The van der Waals surface area contributed by atoms with Crippen molar-refractivity contribution < 1.29 is 23.9 Å². The molecule has 0 aromatic carbocycles. The van der Waals surface area contributed by atoms with E-state index in [1.165, 1.54) is 0 Å². The number of esters is 2. The number of carbonyl (C=O) groups excluding carboxylic acids is 3. The molecule has 0 fully saturated rings. The summed E-state index contributed by atoms with van der Waals surface area (Å²) in [6, 6.07) is -1.09. The molecule has 1 N–H and O–H groups in total. The number of nitrogens with one attached hydrogen (secondary N) is 1. The van der Waals surface area contributed by atoms with Crippen molar-refractivity contribution in [2.45, 2.75) is 71.6 Å². The first-order valence-electron chi connectivity index (χ1n) is 7.20. The van der Waals surface area contributed by atoms with Crippen molar-refractivity contribution in [3.8, 4) is 12.3 Å². The average molecular weight is 311 g/mol. The van der Waals surface area contributed by atoms with E-state index in [1.807, 2.05) is 0 Å². The Morgan fingerprint density at radius 1 is 1.23 bits per heavy atom. The van der Waals surface area contributed by atoms with Gasteiger partial charge in [0.05, 0.1) is 12.5 Å². The van der Waals surface area contributed by atoms with Gasteiger partial charge in [0.2, 0.25) is 5.91 Å². The van der Waals surface area contributed by atoms with Crippen LogP contribution >= 0.6 is 0 Å². The maximum absolute atomic E-state index is 12.1. The summed E-state index contributed by atoms with van der Waals surface area (Å²) in [7, 11) is 0. The standard InChI is InChI=1S/C16H25NO5/c1-7-8-9-13(18)17-12(10-14(19)21-11(2)3)15(20)22-16(4,5)6/h1,11-12H,8-10H2,2-6H3,(H,17,18). The minimum absolute atomic E-state index is 0.0784. The lowest BCUT2D eigenvalue weighted by molar-refractivity contribution is -0.162. The molecule has 0 saturated heterocycles. The molecule has 0 spiro atoms. The second kappa shape index (κ2) is 9.08. The molecule has 0 aromatic heterocycles. The molecule has 0 bridgehead atoms. The SMILES string of the molecule is C#CCCC(=O)NC(CC(=O)OC(C)C)C(=O)OC(C)(C)C. The van der Waals surface area contributed by atoms with Crippen LogP contribution in [-0.4, -0.2) is 35.6 Å². The van der Waals surface area contributed by atoms with Crippen LogP contribution in [0.3, 0.4) is 0 Å². The lowest BCUT2D eigenvalue weighted by atomic mass is 10.1. The Morgan fingerprint density at radius 2 is 1.82 bits per heavy atom. The van der Waals surface area contributed by atoms with Gasteiger partial charge >= 0.3 is 11.9 Å². The molecule has 124 valence electrons. The zero-order valence-corrected chi connectivity index (χ0v) is 13.9. The van der Waals surface area contributed by atoms with Gasteiger partial charge in [-0.1, -0.05) is 0 Å². The van der Waals surface area contributed by atoms with Crippen LogP contribution in [0.15, 0.2) is 0 Å². The number of terminal acetylenes is 1. The molecule has 22 heavy (non-hydrogen) atoms. The Hall–Kier alpha value is -2.03. The summed E-state index contributed by atoms with van der Waals surface area (Å²) in [4.78, 5) is 35.5. The Morgan fingerprint density at radius 3 is 2.27 bits per heavy atom. The highest BCUT2D eigenvalue weighted by Crippen LogP contribution is 2.11. The number of hydrogen-bond donors (Lipinski definition) is 1. The number of rotatable bonds is 7. The van der Waals surface area contributed by atoms with E-state index in [0.29, 0.717) is 0 Å². The van der Waals surface area contributed by atoms with Crippen molar-refractivity contribution in [1.29, 1.82) is 0 Å². The molecule has 0 aliphatic carbocycles. The first kappa shape index (κ1) is 20.0. The summed E-state index contributed by atoms with van der Waals surface area (Å²) >= 11 is 0. The van der Waals surface area contributed by atoms with Crippen molar-refractivity contribution in [2.75, 3.05) is 0 Å². The molecule has 0 heterocycles. The minimum atomic E-state index is -1.09. The van der Waals surface area contributed by atoms with Crippen molar-refractivity contribution in [3.63, 3.8) is 0 Å². The van der Waals surface area contributed by atoms with Crippen molar-refractivity contribution in [1.82, 2.24) is 5.32 Å². The third-order valence-corrected chi connectivity index (χ3v) is 2.26. The van der Waals surface area contributed by atoms with Crippen LogP contribution < -0.4 is 5.32 Å². The topological polar surface area (TPSA) is 81.7 Å². The Kier molecular flexibility index (Phi) is 8.24. The van der Waals surface area contributed by atoms with Gasteiger partial charge in [0.1, 0.15) is 11.6 Å². The Balaban J connectivity index is 4.83. The van der Waals surface area contributed by atoms with E-state index in [0.717, 1.165) is 0 Å². The summed E-state index contributed by atoms with van der Waals surface area (Å²) < 4.78 is 10.2. The highest BCUT2D eigenvalue weighted by Gasteiger charge is 2.29. The minimum Gasteiger partial charge on any atom is -0.463 e. The molecule has 1 amide bonds. The summed E-state index contributed by atoms with van der Waals surface area (Å²) in [5.74, 6) is 0.668. The normalized spacial score (nSPS) is 12.2. The maximum Gasteiger partial charge on any atom is 0.329 e. The van der Waals surface area contributed by atoms with Crippen molar-refractivity contribution >= 4 is 17.8 Å². The molecule has 0 rings (SSSR count). The van der Waals surface area contributed by atoms with Gasteiger partial charge in [0.25, 0.3) is 0 Å². The van der Waals surface area contributed by atoms with Crippen LogP contribution in [0.5, 0.6) is 0 Å². The van der Waals surface area contributed by atoms with Crippen LogP contribution in [0.2, 0.25) is 0 Å². The molecule has 0 aliphatic rings. The Labute approximate surface area is 131 Å². The van der Waals surface area contributed by atoms with E-state index >= 15 is 0 Å². The quantitative estimate of drug-likeness (QED) is 0.570. The summed E-state index contributed by atoms with van der Waals surface area (Å²) in [6.07, 6.45) is 4.84. The van der Waals surface area contributed by atoms with Gasteiger partial charge in [0, 0.05) is 12.8 Å². The molecule has 0 radical (unpaired) electrons. The molecule has 0 saturated carbocycles. The molecule has 6 nitrogen and oxygen atoms in total. The fraction of sp³-hybridized carbons (Fsp3) is 0.688. The van der Waals surface area contributed by atoms with Crippen LogP contribution in [0.4, 0.5) is 0 Å². The fourth-order valence-corrected chi connectivity index (χ4v) is 1.50. The maximum atomic E-state index is 12.1. The highest BCUT2D eigenvalue weighted by molar-refractivity contribution is 5.88. The van der Waals surface area contributed by atoms with E-state index < -0.39 is 29.5 Å². The van der Waals surface area contributed by atoms with Crippen LogP contribution in [0, 0.1) is 12.3 Å². The fourth-order valence-electron chi connectivity index (χ4n) is 1.50. The predicted octanol–water partition coefficient (Wildman–Crippen LogP) is 1.57. The molecular weight excluding hydrogens is 286 g/mol. The predicted molar refractivity (Wildman–Crippen MR) is 81.7 cm³/mol. The van der Waals surface area contributed by atoms with E-state index in [-0.39, 0.29) is 25.4 Å². The van der Waals surface area contributed by atoms with Gasteiger partial charge in [0.15, 0.2) is 0 Å². The van der Waals surface area contributed by atoms with E-state index in [9.17, 15) is 14.4 Å². The zero-order valence-electron chi connectivity index (χ0n) is 13.9. The van der Waals surface area contributed by atoms with Crippen molar-refractivity contribution in [3.05, 3.63) is 0 Å². The second-order valence-electron chi connectivity index (χ2n) is 6.10. The smallest absolute Gasteiger partial charge is 0.329 e. The number of amides is 1. The molecule has 1 atom stereocenters. The third kappa shape index (κ3) is 9.81. The van der Waals surface area contributed by atoms with Crippen LogP contribution in [0.1, 0.15) is 53.9 Å². The molecule has 6 heteroatoms. The van der Waals surface area contributed by atoms with Gasteiger partial charge in [-0.2, -0.15) is 0 Å². The molecule has 1 unspecified atom stereocenters. The van der Waals surface area contributed by atoms with Gasteiger partial charge in [-0.25, -0.2) is 4.79 Å². The largest absolute Gasteiger partial charge is 0.463 e. The summed E-state index contributed by atoms with van der Waals surface area (Å²) in [6.45, 7) is 8.51. The van der Waals surface area contributed by atoms with Crippen molar-refractivity contribution in [2.24, 2.45) is 0 Å². The lowest BCUT2D eigenvalue weighted by Crippen LogP contribution is -2.45. The summed E-state index contributed by atoms with van der Waals surface area (Å²) in [5, 5.41) is 2.47. The zero-order chi connectivity index (χ0) is 17.3. The van der Waals surface area contributed by atoms with E-state index in [2.05, 4.69) is 11.2 Å². The first-order chi connectivity index (χ1) is 10.0. The monoisotopic (exact) mass is 311 g/mol. The number of ether oxygens (including phenoxy) is 2. The number of carbonyl (C=O) groups is 3. The van der Waals surface area contributed by atoms with Gasteiger partial charge in [-0.15, -0.1) is 12.3 Å². The summed E-state index contributed by atoms with van der Waals surface area (Å²) in [5.41, 5.74) is -0.721. The highest BCUT2D eigenvalue weighted by atomic mass is 16.6. The molecule has 0 aliphatic heterocycles. The Bertz CT molecular complexity index is 442. The van der Waals surface area contributed by atoms with Crippen LogP contribution in [0.25, 0.3) is 0 Å². The van der Waals surface area contributed by atoms with Crippen LogP contribution in [-0.2, 0) is 23.9 Å². The van der Waals surface area contributed by atoms with Gasteiger partial charge in [-0.3, -0.25) is 9.59 Å². The first-order valence-corrected chi connectivity index (χ1v) is 7.20. The second-order valence-corrected chi connectivity index (χ2v) is 6.10. The van der Waals surface area contributed by atoms with E-state index in [4.69, 9.17) is 15.9 Å². The molecule has 0 aromatic rings. The van der Waals surface area contributed by atoms with Gasteiger partial charge in [-0.05, 0) is 34.6 Å². The van der Waals surface area contributed by atoms with Gasteiger partial charge < -0.3 is 14.8 Å².